The first kappa shape index (κ1) is 10.4. The first-order valence-electron chi connectivity index (χ1n) is 4.89. The van der Waals surface area contributed by atoms with Crippen molar-refractivity contribution >= 4 is 6.29 Å². The molecule has 2 rings (SSSR count). The predicted molar refractivity (Wildman–Crippen MR) is 61.6 cm³/mol. The van der Waals surface area contributed by atoms with Gasteiger partial charge in [-0.05, 0) is 36.4 Å². The zero-order valence-corrected chi connectivity index (χ0v) is 8.88. The molecule has 80 valence electrons. The quantitative estimate of drug-likeness (QED) is 0.735. The Labute approximate surface area is 93.7 Å². The average Bonchev–Trinajstić information content (AvgIpc) is 2.39. The molecule has 0 radical (unpaired) electrons. The minimum Gasteiger partial charge on any atom is -0.497 e. The van der Waals surface area contributed by atoms with E-state index in [1.807, 2.05) is 24.3 Å². The summed E-state index contributed by atoms with van der Waals surface area (Å²) in [5.74, 6) is 0.801. The highest BCUT2D eigenvalue weighted by molar-refractivity contribution is 5.77. The summed E-state index contributed by atoms with van der Waals surface area (Å²) in [6.07, 6.45) is 2.44. The second-order valence-corrected chi connectivity index (χ2v) is 3.32. The van der Waals surface area contributed by atoms with Gasteiger partial charge in [0.2, 0.25) is 0 Å². The van der Waals surface area contributed by atoms with Crippen molar-refractivity contribution in [2.75, 3.05) is 7.11 Å². The number of aldehydes is 1. The molecule has 2 aromatic rings. The van der Waals surface area contributed by atoms with Gasteiger partial charge in [-0.15, -0.1) is 0 Å². The van der Waals surface area contributed by atoms with Gasteiger partial charge in [-0.2, -0.15) is 0 Å². The van der Waals surface area contributed by atoms with E-state index in [4.69, 9.17) is 4.74 Å². The van der Waals surface area contributed by atoms with Crippen molar-refractivity contribution in [3.05, 3.63) is 48.2 Å². The highest BCUT2D eigenvalue weighted by Crippen LogP contribution is 2.20. The number of aromatic nitrogens is 1. The fraction of sp³-hybridized carbons (Fsp3) is 0.0769. The molecule has 0 atom stereocenters. The van der Waals surface area contributed by atoms with Gasteiger partial charge in [0.25, 0.3) is 0 Å². The zero-order chi connectivity index (χ0) is 11.4. The molecule has 3 nitrogen and oxygen atoms in total. The summed E-state index contributed by atoms with van der Waals surface area (Å²) in [6.45, 7) is 0. The Balaban J connectivity index is 2.38. The molecule has 0 aliphatic heterocycles. The molecule has 0 spiro atoms. The highest BCUT2D eigenvalue weighted by Gasteiger charge is 2.00. The number of hydrogen-bond donors (Lipinski definition) is 0. The van der Waals surface area contributed by atoms with Crippen molar-refractivity contribution < 1.29 is 9.53 Å². The van der Waals surface area contributed by atoms with Gasteiger partial charge in [0.1, 0.15) is 12.0 Å². The number of carbonyl (C=O) groups is 1. The van der Waals surface area contributed by atoms with Crippen LogP contribution in [0.2, 0.25) is 0 Å². The summed E-state index contributed by atoms with van der Waals surface area (Å²) in [6, 6.07) is 11.0. The fourth-order valence-electron chi connectivity index (χ4n) is 1.44. The number of nitrogens with zero attached hydrogens (tertiary/aromatic N) is 1. The number of rotatable bonds is 3. The largest absolute Gasteiger partial charge is 0.497 e. The molecule has 1 aromatic carbocycles. The van der Waals surface area contributed by atoms with Crippen LogP contribution in [0, 0.1) is 0 Å². The van der Waals surface area contributed by atoms with Crippen molar-refractivity contribution in [1.82, 2.24) is 4.98 Å². The Bertz CT molecular complexity index is 492. The summed E-state index contributed by atoms with van der Waals surface area (Å²) < 4.78 is 5.07. The van der Waals surface area contributed by atoms with Crippen molar-refractivity contribution in [1.29, 1.82) is 0 Å². The SMILES string of the molecule is COc1ccc(-c2cc(C=O)ccn2)cc1. The zero-order valence-electron chi connectivity index (χ0n) is 8.88. The van der Waals surface area contributed by atoms with Crippen LogP contribution in [0.1, 0.15) is 10.4 Å². The molecule has 1 aromatic heterocycles. The maximum Gasteiger partial charge on any atom is 0.150 e. The lowest BCUT2D eigenvalue weighted by Gasteiger charge is -2.03. The normalized spacial score (nSPS) is 9.81. The van der Waals surface area contributed by atoms with Crippen LogP contribution < -0.4 is 4.74 Å². The van der Waals surface area contributed by atoms with E-state index in [9.17, 15) is 4.79 Å². The molecule has 1 heterocycles. The summed E-state index contributed by atoms with van der Waals surface area (Å²) >= 11 is 0. The molecule has 0 bridgehead atoms. The molecule has 0 fully saturated rings. The number of benzene rings is 1. The van der Waals surface area contributed by atoms with Gasteiger partial charge in [0.05, 0.1) is 12.8 Å². The molecule has 16 heavy (non-hydrogen) atoms. The molecule has 0 saturated carbocycles. The number of ether oxygens (including phenoxy) is 1. The van der Waals surface area contributed by atoms with Crippen LogP contribution in [0.3, 0.4) is 0 Å². The van der Waals surface area contributed by atoms with Gasteiger partial charge in [0.15, 0.2) is 0 Å². The summed E-state index contributed by atoms with van der Waals surface area (Å²) in [7, 11) is 1.63. The predicted octanol–water partition coefficient (Wildman–Crippen LogP) is 2.57. The van der Waals surface area contributed by atoms with Gasteiger partial charge in [-0.1, -0.05) is 0 Å². The van der Waals surface area contributed by atoms with Crippen LogP contribution >= 0.6 is 0 Å². The monoisotopic (exact) mass is 213 g/mol. The van der Waals surface area contributed by atoms with E-state index in [0.29, 0.717) is 5.56 Å². The standard InChI is InChI=1S/C13H11NO2/c1-16-12-4-2-11(3-5-12)13-8-10(9-15)6-7-14-13/h2-9H,1H3. The van der Waals surface area contributed by atoms with Crippen LogP contribution in [0.5, 0.6) is 5.75 Å². The third kappa shape index (κ3) is 2.08. The van der Waals surface area contributed by atoms with Crippen molar-refractivity contribution in [2.24, 2.45) is 0 Å². The van der Waals surface area contributed by atoms with Crippen LogP contribution in [0.4, 0.5) is 0 Å². The minimum atomic E-state index is 0.626. The van der Waals surface area contributed by atoms with Crippen LogP contribution in [-0.4, -0.2) is 18.4 Å². The number of pyridine rings is 1. The minimum absolute atomic E-state index is 0.626. The second-order valence-electron chi connectivity index (χ2n) is 3.32. The van der Waals surface area contributed by atoms with Crippen molar-refractivity contribution in [3.8, 4) is 17.0 Å². The van der Waals surface area contributed by atoms with E-state index in [0.717, 1.165) is 23.3 Å². The number of carbonyl (C=O) groups excluding carboxylic acids is 1. The molecule has 0 unspecified atom stereocenters. The Morgan fingerprint density at radius 2 is 1.94 bits per heavy atom. The lowest BCUT2D eigenvalue weighted by Crippen LogP contribution is -1.87. The lowest BCUT2D eigenvalue weighted by molar-refractivity contribution is 0.112. The molecule has 3 heteroatoms. The van der Waals surface area contributed by atoms with E-state index in [1.54, 1.807) is 25.4 Å². The molecular formula is C13H11NO2. The molecule has 0 N–H and O–H groups in total. The maximum absolute atomic E-state index is 10.6. The Morgan fingerprint density at radius 3 is 2.56 bits per heavy atom. The Morgan fingerprint density at radius 1 is 1.19 bits per heavy atom. The van der Waals surface area contributed by atoms with E-state index in [1.165, 1.54) is 0 Å². The average molecular weight is 213 g/mol. The summed E-state index contributed by atoms with van der Waals surface area (Å²) in [4.78, 5) is 14.9. The van der Waals surface area contributed by atoms with Gasteiger partial charge < -0.3 is 4.74 Å². The van der Waals surface area contributed by atoms with Gasteiger partial charge >= 0.3 is 0 Å². The molecule has 0 amide bonds. The van der Waals surface area contributed by atoms with E-state index >= 15 is 0 Å². The Hall–Kier alpha value is -2.16. The number of methoxy groups -OCH3 is 1. The molecule has 0 saturated heterocycles. The van der Waals surface area contributed by atoms with Crippen LogP contribution in [0.25, 0.3) is 11.3 Å². The Kier molecular flexibility index (Phi) is 2.96. The van der Waals surface area contributed by atoms with Gasteiger partial charge in [0, 0.05) is 17.3 Å². The van der Waals surface area contributed by atoms with Crippen molar-refractivity contribution in [3.63, 3.8) is 0 Å². The summed E-state index contributed by atoms with van der Waals surface area (Å²) in [5, 5.41) is 0. The second kappa shape index (κ2) is 4.57. The first-order valence-corrected chi connectivity index (χ1v) is 4.89. The van der Waals surface area contributed by atoms with Crippen molar-refractivity contribution in [2.45, 2.75) is 0 Å². The lowest BCUT2D eigenvalue weighted by atomic mass is 10.1. The van der Waals surface area contributed by atoms with Crippen LogP contribution in [-0.2, 0) is 0 Å². The smallest absolute Gasteiger partial charge is 0.150 e. The fourth-order valence-corrected chi connectivity index (χ4v) is 1.44. The summed E-state index contributed by atoms with van der Waals surface area (Å²) in [5.41, 5.74) is 2.37. The third-order valence-electron chi connectivity index (χ3n) is 2.31. The van der Waals surface area contributed by atoms with Gasteiger partial charge in [-0.25, -0.2) is 0 Å². The van der Waals surface area contributed by atoms with Gasteiger partial charge in [-0.3, -0.25) is 9.78 Å². The molecular weight excluding hydrogens is 202 g/mol. The topological polar surface area (TPSA) is 39.2 Å². The maximum atomic E-state index is 10.6. The third-order valence-corrected chi connectivity index (χ3v) is 2.31. The van der Waals surface area contributed by atoms with E-state index in [2.05, 4.69) is 4.98 Å². The number of hydrogen-bond acceptors (Lipinski definition) is 3. The molecule has 0 aliphatic carbocycles. The highest BCUT2D eigenvalue weighted by atomic mass is 16.5. The van der Waals surface area contributed by atoms with E-state index in [-0.39, 0.29) is 0 Å². The van der Waals surface area contributed by atoms with E-state index < -0.39 is 0 Å². The van der Waals surface area contributed by atoms with Crippen LogP contribution in [0.15, 0.2) is 42.6 Å². The first-order chi connectivity index (χ1) is 7.83. The molecule has 0 aliphatic rings.